The van der Waals surface area contributed by atoms with Crippen LogP contribution in [0.2, 0.25) is 0 Å². The first-order chi connectivity index (χ1) is 11.0. The number of benzene rings is 1. The Kier molecular flexibility index (Phi) is 6.41. The van der Waals surface area contributed by atoms with Crippen molar-refractivity contribution in [3.05, 3.63) is 33.4 Å². The van der Waals surface area contributed by atoms with Crippen LogP contribution in [0.4, 0.5) is 24.5 Å². The molecule has 1 aromatic carbocycles. The summed E-state index contributed by atoms with van der Waals surface area (Å²) in [5, 5.41) is 11.1. The molecule has 1 amide bonds. The molecule has 0 saturated carbocycles. The van der Waals surface area contributed by atoms with E-state index in [1.807, 2.05) is 0 Å². The number of hydrogen-bond donors (Lipinski definition) is 0. The minimum absolute atomic E-state index is 0. The van der Waals surface area contributed by atoms with E-state index in [-0.39, 0.29) is 57.1 Å². The summed E-state index contributed by atoms with van der Waals surface area (Å²) in [7, 11) is 2.68. The number of alkyl halides is 3. The molecule has 25 heavy (non-hydrogen) atoms. The number of amides is 1. The van der Waals surface area contributed by atoms with Gasteiger partial charge in [0.2, 0.25) is 0 Å². The number of anilines is 1. The van der Waals surface area contributed by atoms with Gasteiger partial charge in [0.1, 0.15) is 5.56 Å². The molecular formula is C13H11F3KN2O6. The van der Waals surface area contributed by atoms with Gasteiger partial charge in [0.05, 0.1) is 17.7 Å². The number of nitrogens with zero attached hydrogens (tertiary/aromatic N) is 2. The fourth-order valence-corrected chi connectivity index (χ4v) is 2.61. The number of fused-ring (bicyclic) bond motifs is 1. The van der Waals surface area contributed by atoms with Gasteiger partial charge < -0.3 is 14.4 Å². The molecular weight excluding hydrogens is 376 g/mol. The van der Waals surface area contributed by atoms with Crippen LogP contribution in [0.1, 0.15) is 15.9 Å². The third kappa shape index (κ3) is 3.10. The number of ether oxygens (including phenoxy) is 2. The van der Waals surface area contributed by atoms with Gasteiger partial charge in [-0.15, -0.1) is 0 Å². The van der Waals surface area contributed by atoms with E-state index in [2.05, 4.69) is 9.47 Å². The number of likely N-dealkylation sites (N-methyl/N-ethyl adjacent to an activating group) is 1. The molecule has 0 saturated heterocycles. The summed E-state index contributed by atoms with van der Waals surface area (Å²) in [6.45, 7) is 0. The number of esters is 1. The van der Waals surface area contributed by atoms with E-state index in [9.17, 15) is 32.9 Å². The number of methoxy groups -OCH3 is 2. The minimum atomic E-state index is -5.17. The fraction of sp³-hybridized carbons (Fsp3) is 0.385. The molecule has 2 rings (SSSR count). The van der Waals surface area contributed by atoms with Crippen molar-refractivity contribution in [3.63, 3.8) is 0 Å². The van der Waals surface area contributed by atoms with Gasteiger partial charge in [0, 0.05) is 77.2 Å². The first-order valence-electron chi connectivity index (χ1n) is 6.34. The van der Waals surface area contributed by atoms with Crippen molar-refractivity contribution in [1.29, 1.82) is 0 Å². The number of nitro benzene ring substituents is 1. The first kappa shape index (κ1) is 22.0. The van der Waals surface area contributed by atoms with Crippen molar-refractivity contribution in [2.45, 2.75) is 11.8 Å². The van der Waals surface area contributed by atoms with Crippen LogP contribution in [-0.4, -0.2) is 95.6 Å². The second kappa shape index (κ2) is 7.29. The van der Waals surface area contributed by atoms with Crippen LogP contribution in [0.5, 0.6) is 0 Å². The van der Waals surface area contributed by atoms with Gasteiger partial charge in [0.25, 0.3) is 17.2 Å². The van der Waals surface area contributed by atoms with Crippen LogP contribution in [-0.2, 0) is 19.9 Å². The average molecular weight is 387 g/mol. The third-order valence-corrected chi connectivity index (χ3v) is 3.77. The van der Waals surface area contributed by atoms with Gasteiger partial charge >= 0.3 is 12.1 Å². The predicted molar refractivity (Wildman–Crippen MR) is 78.3 cm³/mol. The first-order valence-corrected chi connectivity index (χ1v) is 6.34. The number of hydrogen-bond acceptors (Lipinski definition) is 6. The summed E-state index contributed by atoms with van der Waals surface area (Å²) in [5.41, 5.74) is -5.96. The molecule has 131 valence electrons. The monoisotopic (exact) mass is 387 g/mol. The molecule has 1 atom stereocenters. The molecule has 0 aromatic heterocycles. The number of nitro groups is 1. The van der Waals surface area contributed by atoms with Crippen LogP contribution in [0.3, 0.4) is 0 Å². The van der Waals surface area contributed by atoms with Crippen LogP contribution < -0.4 is 4.90 Å². The second-order valence-electron chi connectivity index (χ2n) is 4.88. The minimum Gasteiger partial charge on any atom is -0.465 e. The van der Waals surface area contributed by atoms with Gasteiger partial charge in [0.15, 0.2) is 0 Å². The van der Waals surface area contributed by atoms with Crippen LogP contribution in [0.15, 0.2) is 12.1 Å². The molecule has 1 heterocycles. The summed E-state index contributed by atoms with van der Waals surface area (Å²) >= 11 is 0. The standard InChI is InChI=1S/C13H11F3N2O6.K/c1-17-9-4-6(10(19)23-2)8(18(21)22)5-7(9)12(24-3,11(17)20)13(14,15)16;/h4-5H,1-3H3;. The van der Waals surface area contributed by atoms with E-state index in [4.69, 9.17) is 0 Å². The van der Waals surface area contributed by atoms with Gasteiger partial charge in [-0.3, -0.25) is 14.9 Å². The largest absolute Gasteiger partial charge is 0.465 e. The Morgan fingerprint density at radius 3 is 2.28 bits per heavy atom. The van der Waals surface area contributed by atoms with Crippen molar-refractivity contribution in [2.75, 3.05) is 26.2 Å². The number of rotatable bonds is 3. The summed E-state index contributed by atoms with van der Waals surface area (Å²) < 4.78 is 49.5. The van der Waals surface area contributed by atoms with E-state index in [1.54, 1.807) is 0 Å². The molecule has 0 aliphatic carbocycles. The second-order valence-corrected chi connectivity index (χ2v) is 4.88. The quantitative estimate of drug-likeness (QED) is 0.336. The maximum absolute atomic E-state index is 13.5. The van der Waals surface area contributed by atoms with Crippen LogP contribution >= 0.6 is 0 Å². The molecule has 0 spiro atoms. The van der Waals surface area contributed by atoms with Crippen molar-refractivity contribution in [2.24, 2.45) is 0 Å². The summed E-state index contributed by atoms with van der Waals surface area (Å²) in [5.74, 6) is -2.59. The van der Waals surface area contributed by atoms with E-state index < -0.39 is 45.4 Å². The van der Waals surface area contributed by atoms with Crippen molar-refractivity contribution >= 4 is 74.6 Å². The Labute approximate surface area is 181 Å². The topological polar surface area (TPSA) is 99.0 Å². The zero-order chi connectivity index (χ0) is 18.4. The molecule has 1 unspecified atom stereocenters. The van der Waals surface area contributed by atoms with Crippen molar-refractivity contribution in [3.8, 4) is 0 Å². The molecule has 0 fully saturated rings. The molecule has 1 aromatic rings. The Bertz CT molecular complexity index is 754. The Morgan fingerprint density at radius 2 is 1.88 bits per heavy atom. The maximum Gasteiger partial charge on any atom is 0.431 e. The summed E-state index contributed by atoms with van der Waals surface area (Å²) in [6.07, 6.45) is -5.17. The normalized spacial score (nSPS) is 19.3. The van der Waals surface area contributed by atoms with Gasteiger partial charge in [-0.2, -0.15) is 13.2 Å². The van der Waals surface area contributed by atoms with E-state index in [0.717, 1.165) is 20.2 Å². The smallest absolute Gasteiger partial charge is 0.431 e. The molecule has 0 N–H and O–H groups in total. The molecule has 1 aliphatic heterocycles. The fourth-order valence-electron chi connectivity index (χ4n) is 2.61. The molecule has 12 heteroatoms. The molecule has 1 aliphatic rings. The molecule has 1 radical (unpaired) electrons. The van der Waals surface area contributed by atoms with Gasteiger partial charge in [-0.1, -0.05) is 0 Å². The van der Waals surface area contributed by atoms with Crippen LogP contribution in [0, 0.1) is 10.1 Å². The zero-order valence-electron chi connectivity index (χ0n) is 13.6. The van der Waals surface area contributed by atoms with Crippen LogP contribution in [0.25, 0.3) is 0 Å². The van der Waals surface area contributed by atoms with Gasteiger partial charge in [-0.05, 0) is 6.07 Å². The van der Waals surface area contributed by atoms with Crippen molar-refractivity contribution in [1.82, 2.24) is 0 Å². The zero-order valence-corrected chi connectivity index (χ0v) is 16.8. The van der Waals surface area contributed by atoms with E-state index in [0.29, 0.717) is 18.1 Å². The Morgan fingerprint density at radius 1 is 1.32 bits per heavy atom. The number of carbonyl (C=O) groups is 2. The summed E-state index contributed by atoms with van der Waals surface area (Å²) in [4.78, 5) is 34.6. The van der Waals surface area contributed by atoms with E-state index >= 15 is 0 Å². The number of carbonyl (C=O) groups excluding carboxylic acids is 2. The van der Waals surface area contributed by atoms with Crippen molar-refractivity contribution < 1.29 is 37.2 Å². The third-order valence-electron chi connectivity index (χ3n) is 3.77. The Balaban J connectivity index is 0.00000312. The average Bonchev–Trinajstić information content (AvgIpc) is 2.73. The Hall–Kier alpha value is -1.05. The van der Waals surface area contributed by atoms with Gasteiger partial charge in [-0.25, -0.2) is 4.79 Å². The molecule has 8 nitrogen and oxygen atoms in total. The number of halogens is 3. The molecule has 0 bridgehead atoms. The summed E-state index contributed by atoms with van der Waals surface area (Å²) in [6, 6.07) is 1.32. The van der Waals surface area contributed by atoms with E-state index in [1.165, 1.54) is 0 Å². The SMILES string of the molecule is COC(=O)c1cc2c(cc1[N+](=O)[O-])C(OC)(C(F)(F)F)C(=O)N2C.[K]. The maximum atomic E-state index is 13.5. The predicted octanol–water partition coefficient (Wildman–Crippen LogP) is 1.38.